The van der Waals surface area contributed by atoms with Gasteiger partial charge in [-0.05, 0) is 141 Å². The molecule has 0 fully saturated rings. The van der Waals surface area contributed by atoms with E-state index < -0.39 is 6.10 Å². The molecule has 0 aromatic rings. The summed E-state index contributed by atoms with van der Waals surface area (Å²) in [5.41, 5.74) is 0. The van der Waals surface area contributed by atoms with Crippen LogP contribution in [-0.4, -0.2) is 37.2 Å². The highest BCUT2D eigenvalue weighted by molar-refractivity contribution is 5.71. The van der Waals surface area contributed by atoms with Gasteiger partial charge in [0, 0.05) is 19.3 Å². The summed E-state index contributed by atoms with van der Waals surface area (Å²) >= 11 is 0. The van der Waals surface area contributed by atoms with E-state index in [2.05, 4.69) is 191 Å². The Bertz CT molecular complexity index is 1890. The highest BCUT2D eigenvalue weighted by atomic mass is 16.6. The second-order valence-electron chi connectivity index (χ2n) is 21.6. The molecule has 1 unspecified atom stereocenters. The number of unbranched alkanes of at least 4 members (excludes halogenated alkanes) is 20. The minimum absolute atomic E-state index is 0.108. The van der Waals surface area contributed by atoms with Gasteiger partial charge in [-0.25, -0.2) is 0 Å². The van der Waals surface area contributed by atoms with Crippen LogP contribution in [0.15, 0.2) is 170 Å². The summed E-state index contributed by atoms with van der Waals surface area (Å²) in [6.07, 6.45) is 102. The van der Waals surface area contributed by atoms with E-state index in [9.17, 15) is 14.4 Å². The van der Waals surface area contributed by atoms with Crippen molar-refractivity contribution in [3.05, 3.63) is 170 Å². The van der Waals surface area contributed by atoms with E-state index in [1.54, 1.807) is 0 Å². The zero-order valence-corrected chi connectivity index (χ0v) is 53.4. The molecule has 0 aliphatic heterocycles. The Hall–Kier alpha value is -5.23. The van der Waals surface area contributed by atoms with Crippen LogP contribution < -0.4 is 0 Å². The minimum atomic E-state index is -0.818. The summed E-state index contributed by atoms with van der Waals surface area (Å²) in [6, 6.07) is 0. The molecule has 0 rings (SSSR count). The quantitative estimate of drug-likeness (QED) is 0.0261. The molecule has 0 saturated carbocycles. The average molecular weight is 1140 g/mol. The Labute approximate surface area is 511 Å². The van der Waals surface area contributed by atoms with Crippen molar-refractivity contribution in [2.45, 2.75) is 284 Å². The molecule has 0 radical (unpaired) electrons. The van der Waals surface area contributed by atoms with E-state index in [0.29, 0.717) is 19.3 Å². The topological polar surface area (TPSA) is 78.9 Å². The lowest BCUT2D eigenvalue weighted by Gasteiger charge is -2.18. The second kappa shape index (κ2) is 69.3. The van der Waals surface area contributed by atoms with Gasteiger partial charge in [-0.2, -0.15) is 0 Å². The largest absolute Gasteiger partial charge is 0.462 e. The zero-order valence-electron chi connectivity index (χ0n) is 53.4. The van der Waals surface area contributed by atoms with Crippen molar-refractivity contribution in [2.75, 3.05) is 13.2 Å². The van der Waals surface area contributed by atoms with Crippen LogP contribution in [0.2, 0.25) is 0 Å². The number of esters is 3. The van der Waals surface area contributed by atoms with E-state index in [1.165, 1.54) is 89.9 Å². The Morgan fingerprint density at radius 3 is 0.723 bits per heavy atom. The molecule has 0 N–H and O–H groups in total. The lowest BCUT2D eigenvalue weighted by molar-refractivity contribution is -0.167. The number of allylic oxidation sites excluding steroid dienone is 28. The summed E-state index contributed by atoms with van der Waals surface area (Å²) in [7, 11) is 0. The van der Waals surface area contributed by atoms with Gasteiger partial charge in [0.1, 0.15) is 13.2 Å². The first-order chi connectivity index (χ1) is 41.0. The van der Waals surface area contributed by atoms with E-state index in [0.717, 1.165) is 141 Å². The lowest BCUT2D eigenvalue weighted by Crippen LogP contribution is -2.30. The minimum Gasteiger partial charge on any atom is -0.462 e. The standard InChI is InChI=1S/C77H122O6/c1-4-7-10-13-16-19-22-25-28-31-33-35-36-37-38-39-40-42-43-46-49-52-55-58-61-64-67-70-76(79)82-73-74(72-81-75(78)69-66-63-60-57-54-51-48-45-30-27-24-21-18-15-12-9-6-3)83-77(80)71-68-65-62-59-56-53-50-47-44-41-34-32-29-26-23-20-17-14-11-8-5-2/h7-12,16-21,25-30,33-35,37-38,41,48,51,57,60,74H,4-6,13-15,22-24,31-32,36,39-40,42-47,49-50,52-56,58-59,61-73H2,1-3H3/b10-7-,11-8-,12-9-,19-16-,20-17-,21-18-,28-25-,29-26-,30-27-,35-33-,38-37-,41-34-,51-48-,60-57-. The third kappa shape index (κ3) is 67.4. The number of rotatable bonds is 59. The van der Waals surface area contributed by atoms with Gasteiger partial charge in [0.25, 0.3) is 0 Å². The number of hydrogen-bond acceptors (Lipinski definition) is 6. The fraction of sp³-hybridized carbons (Fsp3) is 0.597. The van der Waals surface area contributed by atoms with Gasteiger partial charge in [0.2, 0.25) is 0 Å². The van der Waals surface area contributed by atoms with Gasteiger partial charge in [0.05, 0.1) is 0 Å². The van der Waals surface area contributed by atoms with Gasteiger partial charge in [-0.15, -0.1) is 0 Å². The molecule has 0 spiro atoms. The maximum Gasteiger partial charge on any atom is 0.306 e. The van der Waals surface area contributed by atoms with Crippen LogP contribution in [0.5, 0.6) is 0 Å². The van der Waals surface area contributed by atoms with Crippen molar-refractivity contribution in [1.29, 1.82) is 0 Å². The third-order valence-corrected chi connectivity index (χ3v) is 13.7. The highest BCUT2D eigenvalue weighted by Gasteiger charge is 2.19. The molecule has 6 heteroatoms. The predicted molar refractivity (Wildman–Crippen MR) is 361 cm³/mol. The van der Waals surface area contributed by atoms with Gasteiger partial charge in [-0.1, -0.05) is 287 Å². The molecule has 6 nitrogen and oxygen atoms in total. The number of ether oxygens (including phenoxy) is 3. The summed E-state index contributed by atoms with van der Waals surface area (Å²) in [6.45, 7) is 6.25. The first-order valence-corrected chi connectivity index (χ1v) is 33.6. The maximum atomic E-state index is 12.9. The van der Waals surface area contributed by atoms with E-state index >= 15 is 0 Å². The van der Waals surface area contributed by atoms with Crippen LogP contribution in [0, 0.1) is 0 Å². The van der Waals surface area contributed by atoms with Crippen LogP contribution in [0.4, 0.5) is 0 Å². The molecule has 0 aliphatic carbocycles. The SMILES string of the molecule is CC/C=C\C/C=C\C/C=C\C/C=C\C/C=C\CCCCCCCCCCCCCC(=O)OCC(COC(=O)CCC/C=C\C/C=C\C/C=C\C/C=C\C/C=C\CC)OC(=O)CCCCCCCCCC/C=C\C/C=C\C/C=C\C/C=C\CC. The molecular weight excluding hydrogens is 1020 g/mol. The second-order valence-corrected chi connectivity index (χ2v) is 21.6. The smallest absolute Gasteiger partial charge is 0.306 e. The monoisotopic (exact) mass is 1140 g/mol. The molecule has 466 valence electrons. The van der Waals surface area contributed by atoms with Crippen molar-refractivity contribution in [1.82, 2.24) is 0 Å². The molecule has 0 aliphatic rings. The van der Waals surface area contributed by atoms with Gasteiger partial charge in [-0.3, -0.25) is 14.4 Å². The number of carbonyl (C=O) groups excluding carboxylic acids is 3. The van der Waals surface area contributed by atoms with Crippen molar-refractivity contribution in [2.24, 2.45) is 0 Å². The Morgan fingerprint density at radius 2 is 0.446 bits per heavy atom. The highest BCUT2D eigenvalue weighted by Crippen LogP contribution is 2.15. The van der Waals surface area contributed by atoms with E-state index in [4.69, 9.17) is 14.2 Å². The zero-order chi connectivity index (χ0) is 59.9. The van der Waals surface area contributed by atoms with Gasteiger partial charge in [0.15, 0.2) is 6.10 Å². The van der Waals surface area contributed by atoms with Crippen LogP contribution in [-0.2, 0) is 28.6 Å². The fourth-order valence-corrected chi connectivity index (χ4v) is 8.79. The molecule has 0 aromatic heterocycles. The van der Waals surface area contributed by atoms with Crippen LogP contribution >= 0.6 is 0 Å². The lowest BCUT2D eigenvalue weighted by atomic mass is 10.0. The van der Waals surface area contributed by atoms with Crippen molar-refractivity contribution >= 4 is 17.9 Å². The molecule has 83 heavy (non-hydrogen) atoms. The fourth-order valence-electron chi connectivity index (χ4n) is 8.79. The Morgan fingerprint density at radius 1 is 0.241 bits per heavy atom. The molecule has 0 aromatic carbocycles. The maximum absolute atomic E-state index is 12.9. The van der Waals surface area contributed by atoms with Gasteiger partial charge < -0.3 is 14.2 Å². The average Bonchev–Trinajstić information content (AvgIpc) is 3.49. The van der Waals surface area contributed by atoms with E-state index in [-0.39, 0.29) is 37.5 Å². The molecular formula is C77H122O6. The molecule has 0 saturated heterocycles. The van der Waals surface area contributed by atoms with Crippen LogP contribution in [0.3, 0.4) is 0 Å². The Kier molecular flexibility index (Phi) is 64.9. The van der Waals surface area contributed by atoms with Crippen molar-refractivity contribution < 1.29 is 28.6 Å². The Balaban J connectivity index is 4.45. The van der Waals surface area contributed by atoms with Crippen LogP contribution in [0.25, 0.3) is 0 Å². The molecule has 0 heterocycles. The summed E-state index contributed by atoms with van der Waals surface area (Å²) in [4.78, 5) is 38.4. The first-order valence-electron chi connectivity index (χ1n) is 33.6. The number of carbonyl (C=O) groups is 3. The molecule has 0 bridgehead atoms. The molecule has 0 amide bonds. The van der Waals surface area contributed by atoms with Crippen LogP contribution in [0.1, 0.15) is 278 Å². The predicted octanol–water partition coefficient (Wildman–Crippen LogP) is 23.4. The van der Waals surface area contributed by atoms with Crippen molar-refractivity contribution in [3.8, 4) is 0 Å². The first kappa shape index (κ1) is 77.8. The van der Waals surface area contributed by atoms with Gasteiger partial charge >= 0.3 is 17.9 Å². The summed E-state index contributed by atoms with van der Waals surface area (Å²) in [5, 5.41) is 0. The summed E-state index contributed by atoms with van der Waals surface area (Å²) < 4.78 is 16.9. The van der Waals surface area contributed by atoms with E-state index in [1.807, 2.05) is 0 Å². The third-order valence-electron chi connectivity index (χ3n) is 13.7. The molecule has 1 atom stereocenters. The normalized spacial score (nSPS) is 13.2. The van der Waals surface area contributed by atoms with Crippen molar-refractivity contribution in [3.63, 3.8) is 0 Å². The summed E-state index contributed by atoms with van der Waals surface area (Å²) in [5.74, 6) is -0.980. The number of hydrogen-bond donors (Lipinski definition) is 0.